The van der Waals surface area contributed by atoms with Crippen LogP contribution < -0.4 is 5.32 Å². The van der Waals surface area contributed by atoms with E-state index in [4.69, 9.17) is 4.42 Å². The molecule has 2 heterocycles. The smallest absolute Gasteiger partial charge is 0.263 e. The molecule has 0 fully saturated rings. The van der Waals surface area contributed by atoms with Crippen molar-refractivity contribution >= 4 is 28.7 Å². The Labute approximate surface area is 127 Å². The maximum absolute atomic E-state index is 5.75. The van der Waals surface area contributed by atoms with E-state index in [1.807, 2.05) is 45.2 Å². The van der Waals surface area contributed by atoms with Gasteiger partial charge >= 0.3 is 0 Å². The molecule has 6 heteroatoms. The number of aryl methyl sites for hydroxylation is 1. The minimum Gasteiger partial charge on any atom is -0.431 e. The highest BCUT2D eigenvalue weighted by atomic mass is 32.2. The highest BCUT2D eigenvalue weighted by Crippen LogP contribution is 2.32. The van der Waals surface area contributed by atoms with E-state index < -0.39 is 0 Å². The minimum atomic E-state index is 0.599. The lowest BCUT2D eigenvalue weighted by atomic mass is 10.3. The number of hydrogen-bond acceptors (Lipinski definition) is 6. The van der Waals surface area contributed by atoms with Crippen LogP contribution in [0.4, 0.5) is 5.82 Å². The molecule has 0 saturated heterocycles. The first-order valence-electron chi connectivity index (χ1n) is 6.80. The van der Waals surface area contributed by atoms with Crippen LogP contribution in [-0.2, 0) is 6.42 Å². The first-order chi connectivity index (χ1) is 10.2. The van der Waals surface area contributed by atoms with Gasteiger partial charge in [-0.25, -0.2) is 15.0 Å². The normalized spacial score (nSPS) is 11.0. The summed E-state index contributed by atoms with van der Waals surface area (Å²) in [5.41, 5.74) is 2.65. The lowest BCUT2D eigenvalue weighted by molar-refractivity contribution is 0.489. The van der Waals surface area contributed by atoms with Crippen LogP contribution in [0.5, 0.6) is 0 Å². The van der Waals surface area contributed by atoms with Crippen molar-refractivity contribution in [2.75, 3.05) is 12.4 Å². The number of fused-ring (bicyclic) bond motifs is 1. The fraction of sp³-hybridized carbons (Fsp3) is 0.267. The van der Waals surface area contributed by atoms with Crippen molar-refractivity contribution in [3.63, 3.8) is 0 Å². The van der Waals surface area contributed by atoms with E-state index in [-0.39, 0.29) is 0 Å². The number of nitrogens with zero attached hydrogens (tertiary/aromatic N) is 3. The number of hydrogen-bond donors (Lipinski definition) is 1. The Bertz CT molecular complexity index is 751. The summed E-state index contributed by atoms with van der Waals surface area (Å²) in [4.78, 5) is 13.5. The van der Waals surface area contributed by atoms with Crippen molar-refractivity contribution in [2.24, 2.45) is 0 Å². The fourth-order valence-electron chi connectivity index (χ4n) is 2.02. The van der Waals surface area contributed by atoms with Crippen molar-refractivity contribution in [2.45, 2.75) is 30.5 Å². The highest BCUT2D eigenvalue weighted by molar-refractivity contribution is 7.99. The van der Waals surface area contributed by atoms with Crippen LogP contribution in [0.1, 0.15) is 18.3 Å². The van der Waals surface area contributed by atoms with Gasteiger partial charge in [-0.3, -0.25) is 0 Å². The number of rotatable bonds is 4. The molecule has 0 saturated carbocycles. The van der Waals surface area contributed by atoms with Crippen LogP contribution in [0.3, 0.4) is 0 Å². The van der Waals surface area contributed by atoms with Crippen molar-refractivity contribution in [3.8, 4) is 0 Å². The summed E-state index contributed by atoms with van der Waals surface area (Å²) in [5, 5.41) is 4.58. The summed E-state index contributed by atoms with van der Waals surface area (Å²) in [6, 6.07) is 7.73. The Hall–Kier alpha value is -2.08. The molecule has 0 spiro atoms. The molecule has 21 heavy (non-hydrogen) atoms. The quantitative estimate of drug-likeness (QED) is 0.741. The van der Waals surface area contributed by atoms with Gasteiger partial charge in [0.1, 0.15) is 22.2 Å². The van der Waals surface area contributed by atoms with Crippen molar-refractivity contribution in [1.82, 2.24) is 15.0 Å². The minimum absolute atomic E-state index is 0.599. The number of aromatic nitrogens is 3. The molecule has 0 radical (unpaired) electrons. The number of oxazole rings is 1. The topological polar surface area (TPSA) is 63.8 Å². The molecule has 0 aliphatic carbocycles. The van der Waals surface area contributed by atoms with Crippen molar-refractivity contribution in [3.05, 3.63) is 35.7 Å². The molecular formula is C15H16N4OS. The van der Waals surface area contributed by atoms with E-state index >= 15 is 0 Å². The number of benzene rings is 1. The van der Waals surface area contributed by atoms with E-state index in [1.165, 1.54) is 11.8 Å². The van der Waals surface area contributed by atoms with Crippen LogP contribution in [0.25, 0.3) is 11.1 Å². The maximum Gasteiger partial charge on any atom is 0.263 e. The van der Waals surface area contributed by atoms with Gasteiger partial charge in [0.25, 0.3) is 5.22 Å². The predicted molar refractivity (Wildman–Crippen MR) is 83.8 cm³/mol. The van der Waals surface area contributed by atoms with E-state index in [2.05, 4.69) is 20.3 Å². The summed E-state index contributed by atoms with van der Waals surface area (Å²) >= 11 is 1.43. The third kappa shape index (κ3) is 2.71. The summed E-state index contributed by atoms with van der Waals surface area (Å²) < 4.78 is 5.75. The molecule has 0 bridgehead atoms. The van der Waals surface area contributed by atoms with Gasteiger partial charge in [0.2, 0.25) is 0 Å². The van der Waals surface area contributed by atoms with Gasteiger partial charge in [-0.05, 0) is 30.8 Å². The van der Waals surface area contributed by atoms with Crippen LogP contribution in [0.15, 0.2) is 38.9 Å². The monoisotopic (exact) mass is 300 g/mol. The van der Waals surface area contributed by atoms with E-state index in [9.17, 15) is 0 Å². The molecule has 108 valence electrons. The zero-order valence-electron chi connectivity index (χ0n) is 12.2. The highest BCUT2D eigenvalue weighted by Gasteiger charge is 2.14. The fourth-order valence-corrected chi connectivity index (χ4v) is 2.86. The molecule has 2 aromatic heterocycles. The number of anilines is 1. The lowest BCUT2D eigenvalue weighted by Gasteiger charge is -2.09. The SMILES string of the molecule is CCc1nc(NC)c(C)c(Sc2nc3ccccc3o2)n1. The Balaban J connectivity index is 2.00. The van der Waals surface area contributed by atoms with E-state index in [0.29, 0.717) is 5.22 Å². The van der Waals surface area contributed by atoms with Gasteiger partial charge in [0.05, 0.1) is 0 Å². The molecule has 0 atom stereocenters. The van der Waals surface area contributed by atoms with Gasteiger partial charge in [-0.1, -0.05) is 19.1 Å². The molecule has 5 nitrogen and oxygen atoms in total. The molecule has 0 unspecified atom stereocenters. The molecule has 0 aliphatic rings. The van der Waals surface area contributed by atoms with Gasteiger partial charge in [-0.15, -0.1) is 0 Å². The summed E-state index contributed by atoms with van der Waals surface area (Å²) in [6.07, 6.45) is 0.788. The van der Waals surface area contributed by atoms with E-state index in [1.54, 1.807) is 0 Å². The van der Waals surface area contributed by atoms with Crippen molar-refractivity contribution in [1.29, 1.82) is 0 Å². The second-order valence-corrected chi connectivity index (χ2v) is 5.51. The summed E-state index contributed by atoms with van der Waals surface area (Å²) in [6.45, 7) is 4.04. The largest absolute Gasteiger partial charge is 0.431 e. The van der Waals surface area contributed by atoms with Crippen LogP contribution in [0.2, 0.25) is 0 Å². The molecule has 3 rings (SSSR count). The molecule has 1 N–H and O–H groups in total. The first kappa shape index (κ1) is 13.9. The molecule has 1 aromatic carbocycles. The number of para-hydroxylation sites is 2. The average molecular weight is 300 g/mol. The summed E-state index contributed by atoms with van der Waals surface area (Å²) in [5.74, 6) is 1.66. The molecule has 0 aliphatic heterocycles. The third-order valence-corrected chi connectivity index (χ3v) is 4.10. The van der Waals surface area contributed by atoms with Crippen molar-refractivity contribution < 1.29 is 4.42 Å². The van der Waals surface area contributed by atoms with Gasteiger partial charge in [-0.2, -0.15) is 0 Å². The van der Waals surface area contributed by atoms with E-state index in [0.717, 1.165) is 39.8 Å². The van der Waals surface area contributed by atoms with Crippen LogP contribution >= 0.6 is 11.8 Å². The average Bonchev–Trinajstić information content (AvgIpc) is 2.91. The zero-order chi connectivity index (χ0) is 14.8. The van der Waals surface area contributed by atoms with Crippen LogP contribution in [-0.4, -0.2) is 22.0 Å². The summed E-state index contributed by atoms with van der Waals surface area (Å²) in [7, 11) is 1.86. The second-order valence-electron chi connectivity index (χ2n) is 4.57. The molecular weight excluding hydrogens is 284 g/mol. The Morgan fingerprint density at radius 2 is 2.00 bits per heavy atom. The van der Waals surface area contributed by atoms with Crippen LogP contribution in [0, 0.1) is 6.92 Å². The molecule has 0 amide bonds. The second kappa shape index (κ2) is 5.73. The maximum atomic E-state index is 5.75. The lowest BCUT2D eigenvalue weighted by Crippen LogP contribution is -2.04. The Morgan fingerprint density at radius 3 is 2.71 bits per heavy atom. The standard InChI is InChI=1S/C15H16N4OS/c1-4-12-18-13(16-3)9(2)14(19-12)21-15-17-10-7-5-6-8-11(10)20-15/h5-8H,4H2,1-3H3,(H,16,18,19). The number of nitrogens with one attached hydrogen (secondary N) is 1. The third-order valence-electron chi connectivity index (χ3n) is 3.16. The zero-order valence-corrected chi connectivity index (χ0v) is 13.0. The molecule has 3 aromatic rings. The van der Waals surface area contributed by atoms with Gasteiger partial charge in [0.15, 0.2) is 5.58 Å². The Morgan fingerprint density at radius 1 is 1.19 bits per heavy atom. The Kier molecular flexibility index (Phi) is 3.79. The first-order valence-corrected chi connectivity index (χ1v) is 7.61. The predicted octanol–water partition coefficient (Wildman–Crippen LogP) is 3.68. The van der Waals surface area contributed by atoms with Gasteiger partial charge in [0, 0.05) is 19.0 Å². The van der Waals surface area contributed by atoms with Gasteiger partial charge < -0.3 is 9.73 Å².